The van der Waals surface area contributed by atoms with Crippen molar-refractivity contribution >= 4 is 6.26 Å². The first kappa shape index (κ1) is 2.47. The van der Waals surface area contributed by atoms with Crippen molar-refractivity contribution in [2.24, 2.45) is 0 Å². The van der Waals surface area contributed by atoms with Crippen LogP contribution < -0.4 is 0 Å². The van der Waals surface area contributed by atoms with Crippen molar-refractivity contribution in [3.63, 3.8) is 0 Å². The van der Waals surface area contributed by atoms with E-state index < -0.39 is 6.26 Å². The van der Waals surface area contributed by atoms with Gasteiger partial charge in [0.25, 0.3) is 0 Å². The third-order valence-electron chi connectivity index (χ3n) is 0.174. The third kappa shape index (κ3) is 3.23. The van der Waals surface area contributed by atoms with Crippen LogP contribution in [0.1, 0.15) is 7.79 Å². The highest BCUT2D eigenvalue weighted by atomic mass is 16.1. The van der Waals surface area contributed by atoms with Crippen LogP contribution in [0.5, 0.6) is 0 Å². The van der Waals surface area contributed by atoms with Gasteiger partial charge in [0, 0.05) is 0 Å². The van der Waals surface area contributed by atoms with Gasteiger partial charge >= 0.3 is 0 Å². The molecule has 1 heteroatoms. The van der Waals surface area contributed by atoms with Gasteiger partial charge < -0.3 is 4.79 Å². The van der Waals surface area contributed by atoms with Crippen LogP contribution in [-0.4, -0.2) is 6.26 Å². The fourth-order valence-corrected chi connectivity index (χ4v) is 0.0417. The summed E-state index contributed by atoms with van der Waals surface area (Å²) >= 11 is 0. The first-order valence-corrected chi connectivity index (χ1v) is 1.20. The molecular weight excluding hydrogens is 64.0 g/mol. The molecule has 0 aromatic carbocycles. The first-order chi connectivity index (χ1) is 2.77. The second-order valence-corrected chi connectivity index (χ2v) is 0.525. The highest BCUT2D eigenvalue weighted by Gasteiger charge is 1.58. The van der Waals surface area contributed by atoms with Gasteiger partial charge in [0.2, 0.25) is 0 Å². The summed E-state index contributed by atoms with van der Waals surface area (Å²) in [7, 11) is 0. The van der Waals surface area contributed by atoms with E-state index in [1.807, 2.05) is 5.92 Å². The van der Waals surface area contributed by atoms with Crippen LogP contribution in [-0.2, 0) is 4.79 Å². The average molecular weight is 69.1 g/mol. The molecule has 0 saturated carbocycles. The van der Waals surface area contributed by atoms with E-state index in [2.05, 4.69) is 6.42 Å². The average Bonchev–Trinajstić information content (AvgIpc) is 1.35. The van der Waals surface area contributed by atoms with Gasteiger partial charge in [-0.15, -0.1) is 6.42 Å². The maximum Gasteiger partial charge on any atom is 0.131 e. The van der Waals surface area contributed by atoms with E-state index in [0.29, 0.717) is 0 Å². The van der Waals surface area contributed by atoms with Gasteiger partial charge in [-0.3, -0.25) is 0 Å². The summed E-state index contributed by atoms with van der Waals surface area (Å²) < 4.78 is 6.20. The molecule has 0 rings (SSSR count). The van der Waals surface area contributed by atoms with E-state index >= 15 is 0 Å². The van der Waals surface area contributed by atoms with Crippen molar-refractivity contribution in [1.82, 2.24) is 0 Å². The van der Waals surface area contributed by atoms with Crippen molar-refractivity contribution in [2.45, 2.75) is 6.42 Å². The van der Waals surface area contributed by atoms with Gasteiger partial charge in [0.15, 0.2) is 0 Å². The van der Waals surface area contributed by atoms with Gasteiger partial charge in [0.1, 0.15) is 7.63 Å². The molecule has 0 unspecified atom stereocenters. The van der Waals surface area contributed by atoms with Crippen molar-refractivity contribution in [3.8, 4) is 12.3 Å². The normalized spacial score (nSPS) is 8.20. The molecule has 0 fully saturated rings. The van der Waals surface area contributed by atoms with Crippen LogP contribution in [0.2, 0.25) is 0 Å². The lowest BCUT2D eigenvalue weighted by Gasteiger charge is -1.54. The maximum absolute atomic E-state index is 9.57. The largest absolute Gasteiger partial charge is 0.302 e. The van der Waals surface area contributed by atoms with Crippen molar-refractivity contribution in [2.75, 3.05) is 0 Å². The third-order valence-corrected chi connectivity index (χ3v) is 0.174. The van der Waals surface area contributed by atoms with Crippen LogP contribution in [0.4, 0.5) is 0 Å². The molecule has 5 heavy (non-hydrogen) atoms. The Morgan fingerprint density at radius 1 is 2.40 bits per heavy atom. The first-order valence-electron chi connectivity index (χ1n) is 1.70. The molecule has 0 atom stereocenters. The molecule has 0 spiro atoms. The van der Waals surface area contributed by atoms with E-state index in [9.17, 15) is 4.79 Å². The molecule has 0 heterocycles. The minimum absolute atomic E-state index is 0.0694. The van der Waals surface area contributed by atoms with Gasteiger partial charge in [0.05, 0.1) is 6.42 Å². The summed E-state index contributed by atoms with van der Waals surface area (Å²) in [6.45, 7) is 0. The zero-order valence-electron chi connectivity index (χ0n) is 3.69. The van der Waals surface area contributed by atoms with E-state index in [4.69, 9.17) is 1.37 Å². The van der Waals surface area contributed by atoms with Crippen molar-refractivity contribution in [3.05, 3.63) is 0 Å². The number of hydrogen-bond acceptors (Lipinski definition) is 1. The van der Waals surface area contributed by atoms with Crippen LogP contribution >= 0.6 is 0 Å². The molecule has 0 saturated heterocycles. The van der Waals surface area contributed by atoms with Gasteiger partial charge in [-0.25, -0.2) is 0 Å². The van der Waals surface area contributed by atoms with E-state index in [0.717, 1.165) is 0 Å². The van der Waals surface area contributed by atoms with Gasteiger partial charge in [-0.2, -0.15) is 0 Å². The SMILES string of the molecule is [2H]C(=O)CC#C. The minimum atomic E-state index is -0.697. The summed E-state index contributed by atoms with van der Waals surface area (Å²) in [5.41, 5.74) is 0. The molecule has 26 valence electrons. The standard InChI is InChI=1S/C4H4O/c1-2-3-4-5/h1,4H,3H2/i4D. The van der Waals surface area contributed by atoms with Crippen LogP contribution in [0, 0.1) is 12.3 Å². The predicted octanol–water partition coefficient (Wildman–Crippen LogP) is 0.209. The van der Waals surface area contributed by atoms with Crippen LogP contribution in [0.15, 0.2) is 0 Å². The number of carbonyl (C=O) groups excluding carboxylic acids is 1. The van der Waals surface area contributed by atoms with Crippen molar-refractivity contribution < 1.29 is 6.17 Å². The molecule has 0 N–H and O–H groups in total. The number of carbonyl (C=O) groups is 1. The smallest absolute Gasteiger partial charge is 0.131 e. The predicted molar refractivity (Wildman–Crippen MR) is 19.5 cm³/mol. The lowest BCUT2D eigenvalue weighted by atomic mass is 10.5. The summed E-state index contributed by atoms with van der Waals surface area (Å²) in [5.74, 6) is 2.03. The molecule has 0 aromatic rings. The molecule has 0 aliphatic rings. The van der Waals surface area contributed by atoms with Crippen molar-refractivity contribution in [1.29, 1.82) is 0 Å². The fraction of sp³-hybridized carbons (Fsp3) is 0.250. The summed E-state index contributed by atoms with van der Waals surface area (Å²) in [5, 5.41) is 0. The zero-order valence-corrected chi connectivity index (χ0v) is 2.69. The van der Waals surface area contributed by atoms with E-state index in [-0.39, 0.29) is 6.42 Å². The molecule has 0 bridgehead atoms. The molecule has 0 aliphatic heterocycles. The van der Waals surface area contributed by atoms with E-state index in [1.54, 1.807) is 0 Å². The Morgan fingerprint density at radius 3 is 3.00 bits per heavy atom. The fourth-order valence-electron chi connectivity index (χ4n) is 0.0417. The number of aldehydes is 1. The Labute approximate surface area is 32.4 Å². The maximum atomic E-state index is 9.57. The molecule has 0 aliphatic carbocycles. The summed E-state index contributed by atoms with van der Waals surface area (Å²) in [4.78, 5) is 9.57. The quantitative estimate of drug-likeness (QED) is 0.317. The lowest BCUT2D eigenvalue weighted by molar-refractivity contribution is -0.107. The van der Waals surface area contributed by atoms with Crippen LogP contribution in [0.25, 0.3) is 0 Å². The van der Waals surface area contributed by atoms with Gasteiger partial charge in [-0.05, 0) is 0 Å². The number of rotatable bonds is 1. The Hall–Kier alpha value is -0.770. The Morgan fingerprint density at radius 2 is 3.00 bits per heavy atom. The topological polar surface area (TPSA) is 17.1 Å². The minimum Gasteiger partial charge on any atom is -0.302 e. The number of hydrogen-bond donors (Lipinski definition) is 0. The monoisotopic (exact) mass is 69.0 g/mol. The highest BCUT2D eigenvalue weighted by molar-refractivity contribution is 5.53. The number of terminal acetylenes is 1. The van der Waals surface area contributed by atoms with Gasteiger partial charge in [-0.1, -0.05) is 5.92 Å². The molecule has 1 nitrogen and oxygen atoms in total. The molecule has 0 radical (unpaired) electrons. The Balaban J connectivity index is 3.13. The van der Waals surface area contributed by atoms with E-state index in [1.165, 1.54) is 0 Å². The molecular formula is C4H4O. The summed E-state index contributed by atoms with van der Waals surface area (Å²) in [6.07, 6.45) is 3.87. The Kier molecular flexibility index (Phi) is 1.59. The summed E-state index contributed by atoms with van der Waals surface area (Å²) in [6, 6.07) is 0. The Bertz CT molecular complexity index is 90.2. The zero-order chi connectivity index (χ0) is 4.99. The lowest BCUT2D eigenvalue weighted by Crippen LogP contribution is -1.60. The van der Waals surface area contributed by atoms with Crippen LogP contribution in [0.3, 0.4) is 0 Å². The molecule has 0 amide bonds. The highest BCUT2D eigenvalue weighted by Crippen LogP contribution is 1.55. The second-order valence-electron chi connectivity index (χ2n) is 0.525. The molecule has 0 aromatic heterocycles. The second kappa shape index (κ2) is 3.23.